The Morgan fingerprint density at radius 3 is 2.42 bits per heavy atom. The van der Waals surface area contributed by atoms with E-state index >= 15 is 0 Å². The molecule has 0 unspecified atom stereocenters. The first-order chi connectivity index (χ1) is 5.66. The van der Waals surface area contributed by atoms with Gasteiger partial charge in [-0.1, -0.05) is 12.1 Å². The first-order valence-electron chi connectivity index (χ1n) is 3.93. The van der Waals surface area contributed by atoms with Crippen molar-refractivity contribution in [3.63, 3.8) is 0 Å². The summed E-state index contributed by atoms with van der Waals surface area (Å²) in [6, 6.07) is 4.01. The second-order valence-electron chi connectivity index (χ2n) is 2.96. The molecule has 1 aromatic rings. The van der Waals surface area contributed by atoms with Gasteiger partial charge in [-0.3, -0.25) is 0 Å². The lowest BCUT2D eigenvalue weighted by Gasteiger charge is -2.08. The van der Waals surface area contributed by atoms with E-state index in [1.165, 1.54) is 5.56 Å². The maximum absolute atomic E-state index is 9.70. The molecule has 0 spiro atoms. The number of hydrogen-bond donors (Lipinski definition) is 1. The van der Waals surface area contributed by atoms with Crippen molar-refractivity contribution >= 4 is 11.8 Å². The third-order valence-corrected chi connectivity index (χ3v) is 2.58. The van der Waals surface area contributed by atoms with Gasteiger partial charge in [0.1, 0.15) is 5.75 Å². The summed E-state index contributed by atoms with van der Waals surface area (Å²) in [6.45, 7) is 3.96. The van der Waals surface area contributed by atoms with Crippen LogP contribution in [0.25, 0.3) is 0 Å². The number of hydrogen-bond acceptors (Lipinski definition) is 2. The maximum Gasteiger partial charge on any atom is 0.122 e. The Morgan fingerprint density at radius 2 is 1.83 bits per heavy atom. The summed E-state index contributed by atoms with van der Waals surface area (Å²) in [5, 5.41) is 9.70. The summed E-state index contributed by atoms with van der Waals surface area (Å²) < 4.78 is 0. The Labute approximate surface area is 77.8 Å². The van der Waals surface area contributed by atoms with Gasteiger partial charge in [-0.25, -0.2) is 0 Å². The maximum atomic E-state index is 9.70. The van der Waals surface area contributed by atoms with Crippen LogP contribution in [-0.2, 0) is 5.75 Å². The van der Waals surface area contributed by atoms with Gasteiger partial charge in [0, 0.05) is 11.3 Å². The van der Waals surface area contributed by atoms with Crippen LogP contribution in [0, 0.1) is 13.8 Å². The number of phenols is 1. The highest BCUT2D eigenvalue weighted by Gasteiger charge is 2.05. The third-order valence-electron chi connectivity index (χ3n) is 2.01. The highest BCUT2D eigenvalue weighted by molar-refractivity contribution is 7.97. The minimum absolute atomic E-state index is 0.462. The number of aryl methyl sites for hydroxylation is 2. The monoisotopic (exact) mass is 182 g/mol. The van der Waals surface area contributed by atoms with Gasteiger partial charge in [-0.15, -0.1) is 0 Å². The summed E-state index contributed by atoms with van der Waals surface area (Å²) in [5.74, 6) is 1.35. The van der Waals surface area contributed by atoms with Gasteiger partial charge >= 0.3 is 0 Å². The molecule has 0 aliphatic carbocycles. The molecule has 1 nitrogen and oxygen atoms in total. The van der Waals surface area contributed by atoms with E-state index < -0.39 is 0 Å². The number of phenolic OH excluding ortho intramolecular Hbond substituents is 1. The van der Waals surface area contributed by atoms with Crippen LogP contribution in [0.1, 0.15) is 16.7 Å². The SMILES string of the molecule is CSCc1c(C)ccc(C)c1O. The largest absolute Gasteiger partial charge is 0.507 e. The van der Waals surface area contributed by atoms with Crippen LogP contribution in [0.3, 0.4) is 0 Å². The molecule has 2 heteroatoms. The van der Waals surface area contributed by atoms with Crippen molar-refractivity contribution in [3.8, 4) is 5.75 Å². The van der Waals surface area contributed by atoms with Crippen LogP contribution < -0.4 is 0 Å². The molecule has 0 heterocycles. The van der Waals surface area contributed by atoms with Crippen molar-refractivity contribution < 1.29 is 5.11 Å². The van der Waals surface area contributed by atoms with E-state index in [4.69, 9.17) is 0 Å². The molecule has 0 aromatic heterocycles. The van der Waals surface area contributed by atoms with E-state index in [2.05, 4.69) is 6.07 Å². The molecule has 0 aliphatic rings. The fraction of sp³-hybridized carbons (Fsp3) is 0.400. The molecule has 1 N–H and O–H groups in total. The zero-order valence-electron chi connectivity index (χ0n) is 7.72. The Bertz CT molecular complexity index is 281. The van der Waals surface area contributed by atoms with Crippen LogP contribution in [0.15, 0.2) is 12.1 Å². The first kappa shape index (κ1) is 9.46. The first-order valence-corrected chi connectivity index (χ1v) is 5.33. The van der Waals surface area contributed by atoms with Gasteiger partial charge in [0.25, 0.3) is 0 Å². The molecule has 0 atom stereocenters. The normalized spacial score (nSPS) is 10.2. The second kappa shape index (κ2) is 3.85. The van der Waals surface area contributed by atoms with Crippen LogP contribution >= 0.6 is 11.8 Å². The Hall–Kier alpha value is -0.630. The average Bonchev–Trinajstić information content (AvgIpc) is 2.06. The minimum atomic E-state index is 0.462. The van der Waals surface area contributed by atoms with E-state index in [0.717, 1.165) is 16.9 Å². The topological polar surface area (TPSA) is 20.2 Å². The summed E-state index contributed by atoms with van der Waals surface area (Å²) >= 11 is 1.73. The van der Waals surface area contributed by atoms with Gasteiger partial charge in [0.15, 0.2) is 0 Å². The summed E-state index contributed by atoms with van der Waals surface area (Å²) in [7, 11) is 0. The van der Waals surface area contributed by atoms with Crippen molar-refractivity contribution in [1.29, 1.82) is 0 Å². The molecule has 0 saturated carbocycles. The smallest absolute Gasteiger partial charge is 0.122 e. The molecule has 1 rings (SSSR count). The van der Waals surface area contributed by atoms with Crippen LogP contribution in [0.5, 0.6) is 5.75 Å². The third kappa shape index (κ3) is 1.75. The number of aromatic hydroxyl groups is 1. The van der Waals surface area contributed by atoms with Gasteiger partial charge in [-0.05, 0) is 31.2 Å². The van der Waals surface area contributed by atoms with E-state index in [-0.39, 0.29) is 0 Å². The van der Waals surface area contributed by atoms with Crippen molar-refractivity contribution in [2.75, 3.05) is 6.26 Å². The fourth-order valence-corrected chi connectivity index (χ4v) is 1.83. The molecule has 0 amide bonds. The average molecular weight is 182 g/mol. The molecule has 1 aromatic carbocycles. The van der Waals surface area contributed by atoms with E-state index in [1.54, 1.807) is 11.8 Å². The Kier molecular flexibility index (Phi) is 3.04. The lowest BCUT2D eigenvalue weighted by atomic mass is 10.1. The summed E-state index contributed by atoms with van der Waals surface area (Å²) in [5.41, 5.74) is 3.21. The van der Waals surface area contributed by atoms with E-state index in [0.29, 0.717) is 5.75 Å². The predicted molar refractivity (Wildman–Crippen MR) is 54.8 cm³/mol. The van der Waals surface area contributed by atoms with Gasteiger partial charge < -0.3 is 5.11 Å². The summed E-state index contributed by atoms with van der Waals surface area (Å²) in [6.07, 6.45) is 2.04. The van der Waals surface area contributed by atoms with Crippen molar-refractivity contribution in [3.05, 3.63) is 28.8 Å². The number of thioether (sulfide) groups is 1. The standard InChI is InChI=1S/C10H14OS/c1-7-4-5-8(2)10(11)9(7)6-12-3/h4-5,11H,6H2,1-3H3. The van der Waals surface area contributed by atoms with Crippen molar-refractivity contribution in [2.45, 2.75) is 19.6 Å². The van der Waals surface area contributed by atoms with Crippen LogP contribution in [0.4, 0.5) is 0 Å². The zero-order valence-corrected chi connectivity index (χ0v) is 8.53. The highest BCUT2D eigenvalue weighted by Crippen LogP contribution is 2.27. The molecule has 12 heavy (non-hydrogen) atoms. The molecule has 0 fully saturated rings. The molecule has 66 valence electrons. The van der Waals surface area contributed by atoms with Gasteiger partial charge in [0.05, 0.1) is 0 Å². The number of rotatable bonds is 2. The van der Waals surface area contributed by atoms with Crippen molar-refractivity contribution in [1.82, 2.24) is 0 Å². The van der Waals surface area contributed by atoms with Crippen LogP contribution in [-0.4, -0.2) is 11.4 Å². The quantitative estimate of drug-likeness (QED) is 0.759. The van der Waals surface area contributed by atoms with E-state index in [1.807, 2.05) is 26.2 Å². The molecular weight excluding hydrogens is 168 g/mol. The van der Waals surface area contributed by atoms with E-state index in [9.17, 15) is 5.11 Å². The van der Waals surface area contributed by atoms with Gasteiger partial charge in [0.2, 0.25) is 0 Å². The van der Waals surface area contributed by atoms with Gasteiger partial charge in [-0.2, -0.15) is 11.8 Å². The van der Waals surface area contributed by atoms with Crippen LogP contribution in [0.2, 0.25) is 0 Å². The Morgan fingerprint density at radius 1 is 1.25 bits per heavy atom. The lowest BCUT2D eigenvalue weighted by Crippen LogP contribution is -1.89. The zero-order chi connectivity index (χ0) is 9.14. The molecule has 0 radical (unpaired) electrons. The second-order valence-corrected chi connectivity index (χ2v) is 3.83. The molecular formula is C10H14OS. The molecule has 0 aliphatic heterocycles. The molecule has 0 saturated heterocycles. The molecule has 0 bridgehead atoms. The minimum Gasteiger partial charge on any atom is -0.507 e. The highest BCUT2D eigenvalue weighted by atomic mass is 32.2. The summed E-state index contributed by atoms with van der Waals surface area (Å²) in [4.78, 5) is 0. The Balaban J connectivity index is 3.14. The number of benzene rings is 1. The van der Waals surface area contributed by atoms with Crippen molar-refractivity contribution in [2.24, 2.45) is 0 Å². The fourth-order valence-electron chi connectivity index (χ4n) is 1.18. The predicted octanol–water partition coefficient (Wildman–Crippen LogP) is 2.87. The lowest BCUT2D eigenvalue weighted by molar-refractivity contribution is 0.466.